The Hall–Kier alpha value is -2.65. The number of nitrogens with zero attached hydrogens (tertiary/aromatic N) is 5. The molecule has 0 unspecified atom stereocenters. The van der Waals surface area contributed by atoms with E-state index in [0.29, 0.717) is 37.1 Å². The van der Waals surface area contributed by atoms with Gasteiger partial charge in [0.25, 0.3) is 5.91 Å². The number of rotatable bonds is 5. The number of hydrogen-bond donors (Lipinski definition) is 0. The molecule has 3 aromatic rings. The van der Waals surface area contributed by atoms with Gasteiger partial charge in [-0.1, -0.05) is 30.0 Å². The molecule has 1 saturated heterocycles. The standard InChI is InChI=1S/C21H23N5O2S2/c1-15-5-3-6-17(13-15)26-16(2)22-23-21(26)30-14-19(27)24-8-10-25(11-9-24)20(28)18-7-4-12-29-18/h3-7,12-13H,8-11,14H2,1-2H3. The third kappa shape index (κ3) is 4.41. The lowest BCUT2D eigenvalue weighted by molar-refractivity contribution is -0.129. The Labute approximate surface area is 183 Å². The molecule has 2 aromatic heterocycles. The molecule has 3 heterocycles. The van der Waals surface area contributed by atoms with Crippen LogP contribution in [0.15, 0.2) is 46.9 Å². The summed E-state index contributed by atoms with van der Waals surface area (Å²) in [6.07, 6.45) is 0. The number of hydrogen-bond acceptors (Lipinski definition) is 6. The van der Waals surface area contributed by atoms with Crippen LogP contribution >= 0.6 is 23.1 Å². The Kier molecular flexibility index (Phi) is 6.19. The van der Waals surface area contributed by atoms with E-state index in [1.54, 1.807) is 0 Å². The van der Waals surface area contributed by atoms with Gasteiger partial charge in [0.05, 0.1) is 10.6 Å². The maximum Gasteiger partial charge on any atom is 0.264 e. The summed E-state index contributed by atoms with van der Waals surface area (Å²) >= 11 is 2.84. The predicted octanol–water partition coefficient (Wildman–Crippen LogP) is 3.02. The van der Waals surface area contributed by atoms with Gasteiger partial charge in [-0.25, -0.2) is 0 Å². The molecule has 0 aliphatic carbocycles. The Morgan fingerprint density at radius 3 is 2.50 bits per heavy atom. The Balaban J connectivity index is 1.35. The first-order valence-electron chi connectivity index (χ1n) is 9.75. The molecule has 1 fully saturated rings. The highest BCUT2D eigenvalue weighted by Gasteiger charge is 2.25. The Morgan fingerprint density at radius 1 is 1.03 bits per heavy atom. The quantitative estimate of drug-likeness (QED) is 0.569. The van der Waals surface area contributed by atoms with Gasteiger partial charge >= 0.3 is 0 Å². The van der Waals surface area contributed by atoms with Crippen LogP contribution in [0.2, 0.25) is 0 Å². The molecule has 0 saturated carbocycles. The summed E-state index contributed by atoms with van der Waals surface area (Å²) in [6.45, 7) is 6.19. The molecule has 4 rings (SSSR count). The summed E-state index contributed by atoms with van der Waals surface area (Å²) in [5.41, 5.74) is 2.15. The predicted molar refractivity (Wildman–Crippen MR) is 118 cm³/mol. The van der Waals surface area contributed by atoms with Crippen LogP contribution in [0, 0.1) is 13.8 Å². The van der Waals surface area contributed by atoms with Crippen molar-refractivity contribution in [1.82, 2.24) is 24.6 Å². The summed E-state index contributed by atoms with van der Waals surface area (Å²) in [5.74, 6) is 1.19. The van der Waals surface area contributed by atoms with Gasteiger partial charge in [0.2, 0.25) is 5.91 Å². The molecule has 0 N–H and O–H groups in total. The van der Waals surface area contributed by atoms with Crippen LogP contribution in [0.1, 0.15) is 21.1 Å². The van der Waals surface area contributed by atoms with Crippen molar-refractivity contribution in [3.63, 3.8) is 0 Å². The van der Waals surface area contributed by atoms with Gasteiger partial charge in [-0.15, -0.1) is 21.5 Å². The minimum absolute atomic E-state index is 0.0493. The van der Waals surface area contributed by atoms with Gasteiger partial charge in [0, 0.05) is 31.9 Å². The van der Waals surface area contributed by atoms with Crippen LogP contribution in [0.3, 0.4) is 0 Å². The van der Waals surface area contributed by atoms with Crippen molar-refractivity contribution in [2.75, 3.05) is 31.9 Å². The fourth-order valence-corrected chi connectivity index (χ4v) is 5.02. The summed E-state index contributed by atoms with van der Waals surface area (Å²) in [6, 6.07) is 11.9. The number of amides is 2. The highest BCUT2D eigenvalue weighted by molar-refractivity contribution is 7.99. The fourth-order valence-electron chi connectivity index (χ4n) is 3.43. The van der Waals surface area contributed by atoms with Gasteiger partial charge in [-0.3, -0.25) is 14.2 Å². The largest absolute Gasteiger partial charge is 0.338 e. The molecule has 1 aliphatic heterocycles. The molecular weight excluding hydrogens is 418 g/mol. The van der Waals surface area contributed by atoms with E-state index in [4.69, 9.17) is 0 Å². The molecule has 156 valence electrons. The minimum atomic E-state index is 0.0493. The number of aryl methyl sites for hydroxylation is 2. The number of piperazine rings is 1. The van der Waals surface area contributed by atoms with Crippen LogP contribution in [0.4, 0.5) is 0 Å². The van der Waals surface area contributed by atoms with Gasteiger partial charge in [-0.05, 0) is 43.0 Å². The molecule has 1 aliphatic rings. The minimum Gasteiger partial charge on any atom is -0.338 e. The van der Waals surface area contributed by atoms with Crippen molar-refractivity contribution in [1.29, 1.82) is 0 Å². The number of carbonyl (C=O) groups excluding carboxylic acids is 2. The molecule has 0 bridgehead atoms. The summed E-state index contributed by atoms with van der Waals surface area (Å²) in [4.78, 5) is 29.6. The number of benzene rings is 1. The van der Waals surface area contributed by atoms with Crippen molar-refractivity contribution < 1.29 is 9.59 Å². The monoisotopic (exact) mass is 441 g/mol. The molecule has 7 nitrogen and oxygen atoms in total. The third-order valence-electron chi connectivity index (χ3n) is 5.03. The molecule has 2 amide bonds. The van der Waals surface area contributed by atoms with Crippen LogP contribution < -0.4 is 0 Å². The zero-order valence-electron chi connectivity index (χ0n) is 16.9. The zero-order valence-corrected chi connectivity index (χ0v) is 18.6. The SMILES string of the molecule is Cc1cccc(-n2c(C)nnc2SCC(=O)N2CCN(C(=O)c3cccs3)CC2)c1. The van der Waals surface area contributed by atoms with Gasteiger partial charge in [0.15, 0.2) is 5.16 Å². The molecule has 0 atom stereocenters. The Bertz CT molecular complexity index is 1040. The topological polar surface area (TPSA) is 71.3 Å². The molecule has 9 heteroatoms. The maximum atomic E-state index is 12.7. The number of carbonyl (C=O) groups is 2. The van der Waals surface area contributed by atoms with Gasteiger partial charge in [-0.2, -0.15) is 0 Å². The smallest absolute Gasteiger partial charge is 0.264 e. The molecular formula is C21H23N5O2S2. The molecule has 0 spiro atoms. The van der Waals surface area contributed by atoms with Gasteiger partial charge in [0.1, 0.15) is 5.82 Å². The first kappa shape index (κ1) is 20.6. The first-order valence-corrected chi connectivity index (χ1v) is 11.6. The zero-order chi connectivity index (χ0) is 21.1. The highest BCUT2D eigenvalue weighted by atomic mass is 32.2. The van der Waals surface area contributed by atoms with Crippen molar-refractivity contribution in [3.8, 4) is 5.69 Å². The third-order valence-corrected chi connectivity index (χ3v) is 6.80. The van der Waals surface area contributed by atoms with E-state index in [-0.39, 0.29) is 11.8 Å². The van der Waals surface area contributed by atoms with Gasteiger partial charge < -0.3 is 9.80 Å². The second-order valence-corrected chi connectivity index (χ2v) is 9.03. The average molecular weight is 442 g/mol. The number of thiophene rings is 1. The van der Waals surface area contributed by atoms with E-state index >= 15 is 0 Å². The molecule has 1 aromatic carbocycles. The van der Waals surface area contributed by atoms with Crippen molar-refractivity contribution in [3.05, 3.63) is 58.0 Å². The van der Waals surface area contributed by atoms with Crippen LogP contribution in [-0.2, 0) is 4.79 Å². The second-order valence-electron chi connectivity index (χ2n) is 7.14. The lowest BCUT2D eigenvalue weighted by Crippen LogP contribution is -2.51. The lowest BCUT2D eigenvalue weighted by atomic mass is 10.2. The average Bonchev–Trinajstić information content (AvgIpc) is 3.41. The van der Waals surface area contributed by atoms with Crippen LogP contribution in [-0.4, -0.2) is 68.3 Å². The summed E-state index contributed by atoms with van der Waals surface area (Å²) < 4.78 is 1.97. The Morgan fingerprint density at radius 2 is 1.80 bits per heavy atom. The number of aromatic nitrogens is 3. The lowest BCUT2D eigenvalue weighted by Gasteiger charge is -2.34. The molecule has 30 heavy (non-hydrogen) atoms. The van der Waals surface area contributed by atoms with E-state index in [1.165, 1.54) is 23.1 Å². The van der Waals surface area contributed by atoms with E-state index in [2.05, 4.69) is 16.3 Å². The van der Waals surface area contributed by atoms with E-state index < -0.39 is 0 Å². The van der Waals surface area contributed by atoms with Crippen molar-refractivity contribution >= 4 is 34.9 Å². The van der Waals surface area contributed by atoms with E-state index in [1.807, 2.05) is 63.9 Å². The fraction of sp³-hybridized carbons (Fsp3) is 0.333. The van der Waals surface area contributed by atoms with Crippen molar-refractivity contribution in [2.45, 2.75) is 19.0 Å². The van der Waals surface area contributed by atoms with E-state index in [0.717, 1.165) is 22.0 Å². The van der Waals surface area contributed by atoms with E-state index in [9.17, 15) is 9.59 Å². The molecule has 0 radical (unpaired) electrons. The van der Waals surface area contributed by atoms with Crippen molar-refractivity contribution in [2.24, 2.45) is 0 Å². The first-order chi connectivity index (χ1) is 14.5. The summed E-state index contributed by atoms with van der Waals surface area (Å²) in [7, 11) is 0. The normalized spacial score (nSPS) is 14.2. The maximum absolute atomic E-state index is 12.7. The summed E-state index contributed by atoms with van der Waals surface area (Å²) in [5, 5.41) is 11.1. The number of thioether (sulfide) groups is 1. The highest BCUT2D eigenvalue weighted by Crippen LogP contribution is 2.23. The van der Waals surface area contributed by atoms with Crippen LogP contribution in [0.5, 0.6) is 0 Å². The second kappa shape index (κ2) is 9.01. The van der Waals surface area contributed by atoms with Crippen LogP contribution in [0.25, 0.3) is 5.69 Å².